The number of anilines is 3. The number of amides is 3. The zero-order valence-corrected chi connectivity index (χ0v) is 17.3. The first-order valence-electron chi connectivity index (χ1n) is 8.93. The summed E-state index contributed by atoms with van der Waals surface area (Å²) in [6, 6.07) is 8.90. The van der Waals surface area contributed by atoms with E-state index in [9.17, 15) is 14.0 Å². The molecule has 1 heterocycles. The van der Waals surface area contributed by atoms with Crippen LogP contribution in [0.15, 0.2) is 36.4 Å². The topological polar surface area (TPSA) is 83.1 Å². The molecule has 29 heavy (non-hydrogen) atoms. The molecule has 8 heteroatoms. The second-order valence-corrected chi connectivity index (χ2v) is 7.75. The van der Waals surface area contributed by atoms with Crippen LogP contribution in [0.5, 0.6) is 0 Å². The molecule has 6 nitrogen and oxygen atoms in total. The molecule has 2 aromatic carbocycles. The van der Waals surface area contributed by atoms with Crippen LogP contribution in [0, 0.1) is 33.5 Å². The van der Waals surface area contributed by atoms with Gasteiger partial charge in [0.15, 0.2) is 5.13 Å². The van der Waals surface area contributed by atoms with Crippen molar-refractivity contribution in [1.29, 1.82) is 0 Å². The lowest BCUT2D eigenvalue weighted by molar-refractivity contribution is 0.102. The fourth-order valence-corrected chi connectivity index (χ4v) is 3.86. The Balaban J connectivity index is 1.70. The van der Waals surface area contributed by atoms with E-state index >= 15 is 0 Å². The number of carbonyl (C=O) groups is 2. The second kappa shape index (κ2) is 8.40. The van der Waals surface area contributed by atoms with Crippen molar-refractivity contribution in [2.45, 2.75) is 27.7 Å². The Morgan fingerprint density at radius 1 is 0.931 bits per heavy atom. The number of nitrogens with zero attached hydrogens (tertiary/aromatic N) is 1. The number of carbonyl (C=O) groups excluding carboxylic acids is 2. The van der Waals surface area contributed by atoms with Gasteiger partial charge in [0.2, 0.25) is 0 Å². The van der Waals surface area contributed by atoms with Gasteiger partial charge in [-0.05, 0) is 63.1 Å². The Kier molecular flexibility index (Phi) is 5.93. The zero-order valence-electron chi connectivity index (χ0n) is 16.5. The second-order valence-electron chi connectivity index (χ2n) is 6.75. The average molecular weight is 412 g/mol. The summed E-state index contributed by atoms with van der Waals surface area (Å²) >= 11 is 1.09. The minimum atomic E-state index is -0.525. The first-order chi connectivity index (χ1) is 13.7. The Morgan fingerprint density at radius 3 is 2.17 bits per heavy atom. The van der Waals surface area contributed by atoms with E-state index in [1.807, 2.05) is 32.9 Å². The Morgan fingerprint density at radius 2 is 1.55 bits per heavy atom. The van der Waals surface area contributed by atoms with Crippen molar-refractivity contribution in [3.8, 4) is 0 Å². The number of urea groups is 1. The van der Waals surface area contributed by atoms with Crippen molar-refractivity contribution in [1.82, 2.24) is 4.98 Å². The SMILES string of the molecule is Cc1cc(C)c(NC(=O)c2sc(NC(=O)Nc3ccc(F)cc3)nc2C)c(C)c1. The average Bonchev–Trinajstić information content (AvgIpc) is 3.00. The highest BCUT2D eigenvalue weighted by Crippen LogP contribution is 2.27. The lowest BCUT2D eigenvalue weighted by Gasteiger charge is -2.12. The summed E-state index contributed by atoms with van der Waals surface area (Å²) in [5.74, 6) is -0.664. The van der Waals surface area contributed by atoms with Crippen LogP contribution in [0.1, 0.15) is 32.1 Å². The molecule has 3 N–H and O–H groups in total. The van der Waals surface area contributed by atoms with Crippen molar-refractivity contribution in [3.63, 3.8) is 0 Å². The molecule has 0 aliphatic rings. The summed E-state index contributed by atoms with van der Waals surface area (Å²) in [4.78, 5) is 29.5. The van der Waals surface area contributed by atoms with Crippen LogP contribution in [-0.4, -0.2) is 16.9 Å². The molecule has 0 atom stereocenters. The molecule has 0 saturated heterocycles. The summed E-state index contributed by atoms with van der Waals surface area (Å²) in [7, 11) is 0. The van der Waals surface area contributed by atoms with Crippen molar-refractivity contribution in [2.24, 2.45) is 0 Å². The maximum atomic E-state index is 12.9. The molecule has 3 aromatic rings. The number of hydrogen-bond donors (Lipinski definition) is 3. The van der Waals surface area contributed by atoms with E-state index in [1.165, 1.54) is 24.3 Å². The number of thiazole rings is 1. The highest BCUT2D eigenvalue weighted by molar-refractivity contribution is 7.17. The molecule has 0 aliphatic carbocycles. The summed E-state index contributed by atoms with van der Waals surface area (Å²) < 4.78 is 12.9. The van der Waals surface area contributed by atoms with Gasteiger partial charge in [0, 0.05) is 11.4 Å². The fraction of sp³-hybridized carbons (Fsp3) is 0.190. The molecular formula is C21H21FN4O2S. The Hall–Kier alpha value is -3.26. The molecular weight excluding hydrogens is 391 g/mol. The number of nitrogens with one attached hydrogen (secondary N) is 3. The summed E-state index contributed by atoms with van der Waals surface area (Å²) in [6.45, 7) is 7.61. The number of rotatable bonds is 4. The Bertz CT molecular complexity index is 1050. The highest BCUT2D eigenvalue weighted by atomic mass is 32.1. The molecule has 0 radical (unpaired) electrons. The van der Waals surface area contributed by atoms with Gasteiger partial charge >= 0.3 is 6.03 Å². The van der Waals surface area contributed by atoms with Crippen LogP contribution in [0.2, 0.25) is 0 Å². The van der Waals surface area contributed by atoms with Gasteiger partial charge in [0.1, 0.15) is 10.7 Å². The maximum absolute atomic E-state index is 12.9. The molecule has 0 saturated carbocycles. The van der Waals surface area contributed by atoms with E-state index in [2.05, 4.69) is 20.9 Å². The minimum Gasteiger partial charge on any atom is -0.321 e. The predicted octanol–water partition coefficient (Wildman–Crippen LogP) is 5.41. The molecule has 0 bridgehead atoms. The van der Waals surface area contributed by atoms with E-state index in [-0.39, 0.29) is 11.7 Å². The largest absolute Gasteiger partial charge is 0.325 e. The van der Waals surface area contributed by atoms with E-state index in [1.54, 1.807) is 6.92 Å². The van der Waals surface area contributed by atoms with Crippen LogP contribution in [0.25, 0.3) is 0 Å². The van der Waals surface area contributed by atoms with Crippen molar-refractivity contribution in [3.05, 3.63) is 69.5 Å². The van der Waals surface area contributed by atoms with Crippen molar-refractivity contribution >= 4 is 39.8 Å². The Labute approximate surface area is 172 Å². The summed E-state index contributed by atoms with van der Waals surface area (Å²) in [5, 5.41) is 8.42. The van der Waals surface area contributed by atoms with Crippen LogP contribution >= 0.6 is 11.3 Å². The van der Waals surface area contributed by atoms with Crippen molar-refractivity contribution < 1.29 is 14.0 Å². The zero-order chi connectivity index (χ0) is 21.1. The van der Waals surface area contributed by atoms with Crippen LogP contribution < -0.4 is 16.0 Å². The maximum Gasteiger partial charge on any atom is 0.325 e. The first-order valence-corrected chi connectivity index (χ1v) is 9.75. The first kappa shape index (κ1) is 20.5. The molecule has 150 valence electrons. The number of hydrogen-bond acceptors (Lipinski definition) is 4. The molecule has 1 aromatic heterocycles. The lowest BCUT2D eigenvalue weighted by Crippen LogP contribution is -2.19. The molecule has 0 unspecified atom stereocenters. The fourth-order valence-electron chi connectivity index (χ4n) is 3.00. The van der Waals surface area contributed by atoms with Gasteiger partial charge in [-0.15, -0.1) is 0 Å². The van der Waals surface area contributed by atoms with Gasteiger partial charge in [-0.2, -0.15) is 0 Å². The molecule has 3 amide bonds. The molecule has 0 spiro atoms. The van der Waals surface area contributed by atoms with Gasteiger partial charge < -0.3 is 10.6 Å². The number of halogens is 1. The number of benzene rings is 2. The van der Waals surface area contributed by atoms with Crippen LogP contribution in [0.3, 0.4) is 0 Å². The predicted molar refractivity (Wildman–Crippen MR) is 114 cm³/mol. The van der Waals surface area contributed by atoms with Crippen LogP contribution in [0.4, 0.5) is 25.7 Å². The van der Waals surface area contributed by atoms with Crippen molar-refractivity contribution in [2.75, 3.05) is 16.0 Å². The monoisotopic (exact) mass is 412 g/mol. The van der Waals surface area contributed by atoms with E-state index in [4.69, 9.17) is 0 Å². The number of aryl methyl sites for hydroxylation is 4. The lowest BCUT2D eigenvalue weighted by atomic mass is 10.1. The van der Waals surface area contributed by atoms with E-state index in [0.29, 0.717) is 21.4 Å². The van der Waals surface area contributed by atoms with E-state index < -0.39 is 6.03 Å². The van der Waals surface area contributed by atoms with E-state index in [0.717, 1.165) is 33.7 Å². The minimum absolute atomic E-state index is 0.276. The normalized spacial score (nSPS) is 10.5. The summed E-state index contributed by atoms with van der Waals surface area (Å²) in [6.07, 6.45) is 0. The quantitative estimate of drug-likeness (QED) is 0.536. The third kappa shape index (κ3) is 4.97. The van der Waals surface area contributed by atoms with Gasteiger partial charge in [0.05, 0.1) is 5.69 Å². The number of aromatic nitrogens is 1. The smallest absolute Gasteiger partial charge is 0.321 e. The molecule has 0 fully saturated rings. The van der Waals surface area contributed by atoms with Gasteiger partial charge in [-0.1, -0.05) is 29.0 Å². The van der Waals surface area contributed by atoms with Gasteiger partial charge in [0.25, 0.3) is 5.91 Å². The van der Waals surface area contributed by atoms with Crippen LogP contribution in [-0.2, 0) is 0 Å². The molecule has 0 aliphatic heterocycles. The van der Waals surface area contributed by atoms with Gasteiger partial charge in [-0.25, -0.2) is 14.2 Å². The highest BCUT2D eigenvalue weighted by Gasteiger charge is 2.18. The third-order valence-electron chi connectivity index (χ3n) is 4.24. The third-order valence-corrected chi connectivity index (χ3v) is 5.31. The standard InChI is InChI=1S/C21H21FN4O2S/c1-11-9-12(2)17(13(3)10-11)25-19(27)18-14(4)23-21(29-18)26-20(28)24-16-7-5-15(22)6-8-16/h5-10H,1-4H3,(H,25,27)(H2,23,24,26,28). The molecule has 3 rings (SSSR count). The summed E-state index contributed by atoms with van der Waals surface area (Å²) in [5.41, 5.74) is 4.83. The van der Waals surface area contributed by atoms with Gasteiger partial charge in [-0.3, -0.25) is 10.1 Å².